The molecule has 2 aromatic heterocycles. The van der Waals surface area contributed by atoms with E-state index in [0.717, 1.165) is 41.2 Å². The fraction of sp³-hybridized carbons (Fsp3) is 0.500. The molecule has 26 heavy (non-hydrogen) atoms. The Morgan fingerprint density at radius 2 is 2.31 bits per heavy atom. The molecule has 6 nitrogen and oxygen atoms in total. The number of hydrogen-bond acceptors (Lipinski definition) is 5. The van der Waals surface area contributed by atoms with E-state index in [1.165, 1.54) is 12.0 Å². The smallest absolute Gasteiger partial charge is 0.341 e. The molecule has 0 aromatic carbocycles. The molecule has 1 unspecified atom stereocenters. The van der Waals surface area contributed by atoms with Crippen molar-refractivity contribution in [2.45, 2.75) is 39.7 Å². The van der Waals surface area contributed by atoms with Gasteiger partial charge in [0, 0.05) is 17.6 Å². The number of rotatable bonds is 4. The molecule has 0 fully saturated rings. The van der Waals surface area contributed by atoms with E-state index in [9.17, 15) is 4.79 Å². The second-order valence-corrected chi connectivity index (χ2v) is 8.27. The molecule has 2 aromatic rings. The van der Waals surface area contributed by atoms with E-state index in [-0.39, 0.29) is 5.97 Å². The Balaban J connectivity index is 1.73. The van der Waals surface area contributed by atoms with E-state index in [2.05, 4.69) is 22.7 Å². The molecule has 1 aliphatic rings. The van der Waals surface area contributed by atoms with Gasteiger partial charge >= 0.3 is 5.97 Å². The normalized spacial score (nSPS) is 16.1. The van der Waals surface area contributed by atoms with E-state index < -0.39 is 0 Å². The minimum atomic E-state index is -0.303. The van der Waals surface area contributed by atoms with Crippen molar-refractivity contribution in [1.82, 2.24) is 15.1 Å². The number of ether oxygens (including phenoxy) is 1. The van der Waals surface area contributed by atoms with Gasteiger partial charge in [-0.3, -0.25) is 4.68 Å². The van der Waals surface area contributed by atoms with Crippen LogP contribution in [0.25, 0.3) is 0 Å². The maximum Gasteiger partial charge on any atom is 0.341 e. The van der Waals surface area contributed by atoms with E-state index in [1.807, 2.05) is 24.7 Å². The lowest BCUT2D eigenvalue weighted by Gasteiger charge is -2.18. The van der Waals surface area contributed by atoms with Gasteiger partial charge in [-0.1, -0.05) is 6.92 Å². The number of thiophene rings is 1. The predicted molar refractivity (Wildman–Crippen MR) is 108 cm³/mol. The first-order chi connectivity index (χ1) is 12.4. The Bertz CT molecular complexity index is 821. The number of hydrogen-bond donors (Lipinski definition) is 2. The van der Waals surface area contributed by atoms with Crippen LogP contribution in [0.15, 0.2) is 6.07 Å². The van der Waals surface area contributed by atoms with E-state index in [1.54, 1.807) is 11.3 Å². The summed E-state index contributed by atoms with van der Waals surface area (Å²) >= 11 is 7.03. The Hall–Kier alpha value is -1.93. The number of methoxy groups -OCH3 is 1. The maximum atomic E-state index is 12.3. The van der Waals surface area contributed by atoms with E-state index in [0.29, 0.717) is 23.1 Å². The van der Waals surface area contributed by atoms with Crippen LogP contribution in [0.5, 0.6) is 0 Å². The molecule has 0 bridgehead atoms. The minimum absolute atomic E-state index is 0.303. The highest BCUT2D eigenvalue weighted by Crippen LogP contribution is 2.39. The lowest BCUT2D eigenvalue weighted by atomic mass is 9.88. The van der Waals surface area contributed by atoms with Crippen LogP contribution in [0.4, 0.5) is 5.00 Å². The number of nitrogens with one attached hydrogen (secondary N) is 2. The minimum Gasteiger partial charge on any atom is -0.465 e. The standard InChI is InChI=1S/C18H24N4O2S2/c1-10-5-6-13-14(7-10)26-16(15(13)17(23)24-4)20-18(25)19-9-12-8-11(2)22(3)21-12/h8,10H,5-7,9H2,1-4H3,(H2,19,20,25). The molecular weight excluding hydrogens is 368 g/mol. The summed E-state index contributed by atoms with van der Waals surface area (Å²) in [5.41, 5.74) is 3.76. The summed E-state index contributed by atoms with van der Waals surface area (Å²) in [6.07, 6.45) is 3.00. The van der Waals surface area contributed by atoms with Gasteiger partial charge in [0.15, 0.2) is 5.11 Å². The van der Waals surface area contributed by atoms with Crippen molar-refractivity contribution in [2.75, 3.05) is 12.4 Å². The molecule has 8 heteroatoms. The molecule has 140 valence electrons. The molecule has 0 saturated heterocycles. The van der Waals surface area contributed by atoms with E-state index in [4.69, 9.17) is 17.0 Å². The van der Waals surface area contributed by atoms with Gasteiger partial charge in [-0.05, 0) is 56.0 Å². The van der Waals surface area contributed by atoms with Gasteiger partial charge in [-0.25, -0.2) is 4.79 Å². The number of aromatic nitrogens is 2. The van der Waals surface area contributed by atoms with Crippen LogP contribution in [0.3, 0.4) is 0 Å². The van der Waals surface area contributed by atoms with Crippen LogP contribution >= 0.6 is 23.6 Å². The highest BCUT2D eigenvalue weighted by atomic mass is 32.1. The summed E-state index contributed by atoms with van der Waals surface area (Å²) in [5, 5.41) is 12.0. The number of fused-ring (bicyclic) bond motifs is 1. The van der Waals surface area contributed by atoms with Crippen LogP contribution in [-0.2, 0) is 31.2 Å². The van der Waals surface area contributed by atoms with Gasteiger partial charge in [-0.2, -0.15) is 5.10 Å². The van der Waals surface area contributed by atoms with Crippen LogP contribution in [0.1, 0.15) is 45.5 Å². The molecule has 0 aliphatic heterocycles. The number of carbonyl (C=O) groups excluding carboxylic acids is 1. The van der Waals surface area contributed by atoms with Crippen molar-refractivity contribution < 1.29 is 9.53 Å². The monoisotopic (exact) mass is 392 g/mol. The van der Waals surface area contributed by atoms with Gasteiger partial charge in [-0.15, -0.1) is 11.3 Å². The third-order valence-electron chi connectivity index (χ3n) is 4.72. The van der Waals surface area contributed by atoms with E-state index >= 15 is 0 Å². The first-order valence-corrected chi connectivity index (χ1v) is 9.88. The SMILES string of the molecule is COC(=O)c1c(NC(=S)NCc2cc(C)n(C)n2)sc2c1CCC(C)C2. The molecule has 1 aliphatic carbocycles. The molecule has 3 rings (SSSR count). The van der Waals surface area contributed by atoms with Crippen LogP contribution in [0.2, 0.25) is 0 Å². The lowest BCUT2D eigenvalue weighted by molar-refractivity contribution is 0.0601. The third kappa shape index (κ3) is 3.91. The van der Waals surface area contributed by atoms with Crippen molar-refractivity contribution in [3.63, 3.8) is 0 Å². The molecule has 2 N–H and O–H groups in total. The van der Waals surface area contributed by atoms with Gasteiger partial charge in [0.05, 0.1) is 24.9 Å². The zero-order valence-electron chi connectivity index (χ0n) is 15.5. The third-order valence-corrected chi connectivity index (χ3v) is 6.14. The topological polar surface area (TPSA) is 68.2 Å². The summed E-state index contributed by atoms with van der Waals surface area (Å²) in [6.45, 7) is 4.78. The molecule has 0 radical (unpaired) electrons. The zero-order chi connectivity index (χ0) is 18.8. The fourth-order valence-electron chi connectivity index (χ4n) is 3.20. The predicted octanol–water partition coefficient (Wildman–Crippen LogP) is 3.19. The molecule has 1 atom stereocenters. The van der Waals surface area contributed by atoms with Crippen molar-refractivity contribution in [1.29, 1.82) is 0 Å². The second-order valence-electron chi connectivity index (χ2n) is 6.76. The highest BCUT2D eigenvalue weighted by molar-refractivity contribution is 7.80. The summed E-state index contributed by atoms with van der Waals surface area (Å²) < 4.78 is 6.84. The average molecular weight is 393 g/mol. The average Bonchev–Trinajstić information content (AvgIpc) is 3.11. The van der Waals surface area contributed by atoms with Gasteiger partial charge < -0.3 is 15.4 Å². The van der Waals surface area contributed by atoms with Crippen molar-refractivity contribution in [3.8, 4) is 0 Å². The van der Waals surface area contributed by atoms with Crippen molar-refractivity contribution >= 4 is 39.6 Å². The van der Waals surface area contributed by atoms with Gasteiger partial charge in [0.2, 0.25) is 0 Å². The Labute approximate surface area is 162 Å². The molecular formula is C18H24N4O2S2. The summed E-state index contributed by atoms with van der Waals surface area (Å²) in [4.78, 5) is 13.6. The summed E-state index contributed by atoms with van der Waals surface area (Å²) in [7, 11) is 3.33. The van der Waals surface area contributed by atoms with Crippen LogP contribution in [0, 0.1) is 12.8 Å². The highest BCUT2D eigenvalue weighted by Gasteiger charge is 2.28. The number of anilines is 1. The number of aryl methyl sites for hydroxylation is 2. The van der Waals surface area contributed by atoms with Crippen molar-refractivity contribution in [2.24, 2.45) is 13.0 Å². The summed E-state index contributed by atoms with van der Waals surface area (Å²) in [6, 6.07) is 2.01. The van der Waals surface area contributed by atoms with Gasteiger partial charge in [0.25, 0.3) is 0 Å². The number of nitrogens with zero attached hydrogens (tertiary/aromatic N) is 2. The second kappa shape index (κ2) is 7.75. The first-order valence-electron chi connectivity index (χ1n) is 8.66. The van der Waals surface area contributed by atoms with Crippen LogP contribution in [-0.4, -0.2) is 28.0 Å². The number of carbonyl (C=O) groups is 1. The van der Waals surface area contributed by atoms with Crippen LogP contribution < -0.4 is 10.6 Å². The Morgan fingerprint density at radius 3 is 2.96 bits per heavy atom. The molecule has 0 saturated carbocycles. The number of thiocarbonyl (C=S) groups is 1. The largest absolute Gasteiger partial charge is 0.465 e. The Kier molecular flexibility index (Phi) is 5.62. The lowest BCUT2D eigenvalue weighted by Crippen LogP contribution is -2.28. The zero-order valence-corrected chi connectivity index (χ0v) is 17.1. The Morgan fingerprint density at radius 1 is 1.54 bits per heavy atom. The molecule has 0 amide bonds. The first kappa shape index (κ1) is 18.8. The fourth-order valence-corrected chi connectivity index (χ4v) is 4.84. The number of esters is 1. The van der Waals surface area contributed by atoms with Crippen molar-refractivity contribution in [3.05, 3.63) is 33.5 Å². The maximum absolute atomic E-state index is 12.3. The molecule has 0 spiro atoms. The van der Waals surface area contributed by atoms with Gasteiger partial charge in [0.1, 0.15) is 5.00 Å². The molecule has 2 heterocycles. The quantitative estimate of drug-likeness (QED) is 0.615. The summed E-state index contributed by atoms with van der Waals surface area (Å²) in [5.74, 6) is 0.333.